The van der Waals surface area contributed by atoms with Gasteiger partial charge in [-0.2, -0.15) is 0 Å². The maximum atomic E-state index is 11.9. The van der Waals surface area contributed by atoms with Gasteiger partial charge in [0.05, 0.1) is 17.5 Å². The van der Waals surface area contributed by atoms with E-state index < -0.39 is 15.9 Å². The first-order valence-corrected chi connectivity index (χ1v) is 8.28. The molecule has 19 heavy (non-hydrogen) atoms. The van der Waals surface area contributed by atoms with Crippen molar-refractivity contribution in [2.45, 2.75) is 25.8 Å². The smallest absolute Gasteiger partial charge is 0.152 e. The molecular weight excluding hydrogens is 262 g/mol. The highest BCUT2D eigenvalue weighted by Crippen LogP contribution is 2.23. The van der Waals surface area contributed by atoms with Gasteiger partial charge in [-0.3, -0.25) is 0 Å². The third kappa shape index (κ3) is 3.58. The Morgan fingerprint density at radius 3 is 2.74 bits per heavy atom. The van der Waals surface area contributed by atoms with Crippen molar-refractivity contribution in [2.75, 3.05) is 11.5 Å². The molecule has 1 atom stereocenters. The van der Waals surface area contributed by atoms with Crippen LogP contribution in [0.5, 0.6) is 0 Å². The largest absolute Gasteiger partial charge is 0.459 e. The van der Waals surface area contributed by atoms with E-state index in [0.29, 0.717) is 12.2 Å². The van der Waals surface area contributed by atoms with E-state index in [2.05, 4.69) is 0 Å². The van der Waals surface area contributed by atoms with E-state index in [1.807, 2.05) is 37.3 Å². The monoisotopic (exact) mass is 281 g/mol. The van der Waals surface area contributed by atoms with Gasteiger partial charge < -0.3 is 10.2 Å². The molecule has 0 saturated heterocycles. The predicted octanol–water partition coefficient (Wildman–Crippen LogP) is 2.65. The number of hydrogen-bond acceptors (Lipinski definition) is 4. The maximum absolute atomic E-state index is 11.9. The van der Waals surface area contributed by atoms with Crippen LogP contribution in [0.4, 0.5) is 0 Å². The van der Waals surface area contributed by atoms with Crippen LogP contribution in [0.15, 0.2) is 34.7 Å². The lowest BCUT2D eigenvalue weighted by Crippen LogP contribution is -2.23. The number of unbranched alkanes of at least 4 members (excludes halogenated alkanes) is 1. The van der Waals surface area contributed by atoms with Gasteiger partial charge in [-0.05, 0) is 18.6 Å². The fourth-order valence-electron chi connectivity index (χ4n) is 1.99. The second kappa shape index (κ2) is 5.75. The van der Waals surface area contributed by atoms with Crippen molar-refractivity contribution in [3.05, 3.63) is 36.1 Å². The van der Waals surface area contributed by atoms with Gasteiger partial charge in [-0.1, -0.05) is 31.5 Å². The van der Waals surface area contributed by atoms with Gasteiger partial charge in [0.1, 0.15) is 11.3 Å². The Morgan fingerprint density at radius 1 is 1.32 bits per heavy atom. The molecule has 1 heterocycles. The molecule has 0 aliphatic carbocycles. The summed E-state index contributed by atoms with van der Waals surface area (Å²) in [6.07, 6.45) is 1.54. The molecule has 2 rings (SSSR count). The van der Waals surface area contributed by atoms with E-state index >= 15 is 0 Å². The molecule has 0 bridgehead atoms. The van der Waals surface area contributed by atoms with Crippen molar-refractivity contribution in [1.82, 2.24) is 0 Å². The van der Waals surface area contributed by atoms with Gasteiger partial charge in [0.15, 0.2) is 9.84 Å². The Morgan fingerprint density at radius 2 is 2.05 bits per heavy atom. The molecule has 0 fully saturated rings. The highest BCUT2D eigenvalue weighted by molar-refractivity contribution is 7.91. The zero-order valence-corrected chi connectivity index (χ0v) is 11.8. The van der Waals surface area contributed by atoms with Crippen LogP contribution in [-0.4, -0.2) is 19.9 Å². The zero-order chi connectivity index (χ0) is 13.9. The summed E-state index contributed by atoms with van der Waals surface area (Å²) in [5, 5.41) is 0.943. The van der Waals surface area contributed by atoms with Crippen LogP contribution in [0.25, 0.3) is 11.0 Å². The van der Waals surface area contributed by atoms with E-state index in [1.165, 1.54) is 0 Å². The Kier molecular flexibility index (Phi) is 4.27. The summed E-state index contributed by atoms with van der Waals surface area (Å²) >= 11 is 0. The zero-order valence-electron chi connectivity index (χ0n) is 11.0. The summed E-state index contributed by atoms with van der Waals surface area (Å²) in [7, 11) is -3.11. The second-order valence-electron chi connectivity index (χ2n) is 4.76. The molecule has 1 unspecified atom stereocenters. The summed E-state index contributed by atoms with van der Waals surface area (Å²) in [5.41, 5.74) is 6.68. The summed E-state index contributed by atoms with van der Waals surface area (Å²) in [5.74, 6) is 0.658. The van der Waals surface area contributed by atoms with E-state index in [9.17, 15) is 8.42 Å². The van der Waals surface area contributed by atoms with Crippen LogP contribution in [0, 0.1) is 0 Å². The minimum absolute atomic E-state index is 0.0627. The van der Waals surface area contributed by atoms with E-state index in [4.69, 9.17) is 10.2 Å². The summed E-state index contributed by atoms with van der Waals surface area (Å²) in [4.78, 5) is 0. The molecule has 0 spiro atoms. The molecule has 0 aliphatic rings. The van der Waals surface area contributed by atoms with Crippen molar-refractivity contribution in [2.24, 2.45) is 5.73 Å². The van der Waals surface area contributed by atoms with Crippen LogP contribution >= 0.6 is 0 Å². The van der Waals surface area contributed by atoms with Crippen LogP contribution in [0.1, 0.15) is 31.6 Å². The van der Waals surface area contributed by atoms with Crippen molar-refractivity contribution in [3.8, 4) is 0 Å². The molecule has 1 aromatic carbocycles. The van der Waals surface area contributed by atoms with Gasteiger partial charge in [0, 0.05) is 5.39 Å². The van der Waals surface area contributed by atoms with Gasteiger partial charge >= 0.3 is 0 Å². The molecule has 4 nitrogen and oxygen atoms in total. The Labute approximate surface area is 113 Å². The van der Waals surface area contributed by atoms with Crippen molar-refractivity contribution in [1.29, 1.82) is 0 Å². The van der Waals surface area contributed by atoms with E-state index in [-0.39, 0.29) is 11.5 Å². The van der Waals surface area contributed by atoms with Crippen LogP contribution in [0.2, 0.25) is 0 Å². The number of furan rings is 1. The number of hydrogen-bond donors (Lipinski definition) is 1. The number of fused-ring (bicyclic) bond motifs is 1. The van der Waals surface area contributed by atoms with Gasteiger partial charge in [-0.15, -0.1) is 0 Å². The first-order chi connectivity index (χ1) is 9.02. The number of benzene rings is 1. The first kappa shape index (κ1) is 14.1. The average Bonchev–Trinajstić information content (AvgIpc) is 2.80. The third-order valence-corrected chi connectivity index (χ3v) is 4.83. The molecule has 2 aromatic rings. The molecular formula is C14H19NO3S. The lowest BCUT2D eigenvalue weighted by atomic mass is 10.2. The minimum atomic E-state index is -3.11. The van der Waals surface area contributed by atoms with Gasteiger partial charge in [-0.25, -0.2) is 8.42 Å². The Bertz CT molecular complexity index is 613. The first-order valence-electron chi connectivity index (χ1n) is 6.46. The highest BCUT2D eigenvalue weighted by atomic mass is 32.2. The third-order valence-electron chi connectivity index (χ3n) is 3.05. The second-order valence-corrected chi connectivity index (χ2v) is 6.99. The predicted molar refractivity (Wildman–Crippen MR) is 76.7 cm³/mol. The average molecular weight is 281 g/mol. The fraction of sp³-hybridized carbons (Fsp3) is 0.429. The molecule has 1 aromatic heterocycles. The quantitative estimate of drug-likeness (QED) is 0.883. The number of nitrogens with two attached hydrogens (primary N) is 1. The van der Waals surface area contributed by atoms with E-state index in [1.54, 1.807) is 0 Å². The number of rotatable bonds is 6. The summed E-state index contributed by atoms with van der Waals surface area (Å²) < 4.78 is 29.3. The summed E-state index contributed by atoms with van der Waals surface area (Å²) in [6, 6.07) is 8.76. The lowest BCUT2D eigenvalue weighted by molar-refractivity contribution is 0.507. The summed E-state index contributed by atoms with van der Waals surface area (Å²) in [6.45, 7) is 1.97. The highest BCUT2D eigenvalue weighted by Gasteiger charge is 2.20. The fourth-order valence-corrected chi connectivity index (χ4v) is 3.60. The van der Waals surface area contributed by atoms with Gasteiger partial charge in [0.25, 0.3) is 0 Å². The topological polar surface area (TPSA) is 73.3 Å². The molecule has 5 heteroatoms. The van der Waals surface area contributed by atoms with Crippen LogP contribution < -0.4 is 5.73 Å². The number of para-hydroxylation sites is 1. The van der Waals surface area contributed by atoms with Gasteiger partial charge in [0.2, 0.25) is 0 Å². The Hall–Kier alpha value is -1.33. The molecule has 0 radical (unpaired) electrons. The normalized spacial score (nSPS) is 13.8. The van der Waals surface area contributed by atoms with Crippen molar-refractivity contribution < 1.29 is 12.8 Å². The Balaban J connectivity index is 2.13. The van der Waals surface area contributed by atoms with E-state index in [0.717, 1.165) is 17.4 Å². The molecule has 2 N–H and O–H groups in total. The van der Waals surface area contributed by atoms with Crippen LogP contribution in [0.3, 0.4) is 0 Å². The maximum Gasteiger partial charge on any atom is 0.152 e. The molecule has 0 aliphatic heterocycles. The molecule has 0 amide bonds. The SMILES string of the molecule is CCCCS(=O)(=O)CC(N)c1cc2ccccc2o1. The minimum Gasteiger partial charge on any atom is -0.459 e. The van der Waals surface area contributed by atoms with Crippen molar-refractivity contribution >= 4 is 20.8 Å². The molecule has 104 valence electrons. The standard InChI is InChI=1S/C14H19NO3S/c1-2-3-8-19(16,17)10-12(15)14-9-11-6-4-5-7-13(11)18-14/h4-7,9,12H,2-3,8,10,15H2,1H3. The number of sulfone groups is 1. The lowest BCUT2D eigenvalue weighted by Gasteiger charge is -2.09. The van der Waals surface area contributed by atoms with Crippen molar-refractivity contribution in [3.63, 3.8) is 0 Å². The van der Waals surface area contributed by atoms with Crippen LogP contribution in [-0.2, 0) is 9.84 Å². The molecule has 0 saturated carbocycles.